The second-order valence-corrected chi connectivity index (χ2v) is 6.64. The van der Waals surface area contributed by atoms with E-state index < -0.39 is 0 Å². The minimum Gasteiger partial charge on any atom is -0.348 e. The quantitative estimate of drug-likeness (QED) is 0.770. The van der Waals surface area contributed by atoms with Crippen molar-refractivity contribution in [2.24, 2.45) is 11.1 Å². The Hall–Kier alpha value is -0.610. The number of nitrogens with zero attached hydrogens (tertiary/aromatic N) is 2. The zero-order chi connectivity index (χ0) is 15.2. The van der Waals surface area contributed by atoms with Crippen LogP contribution < -0.4 is 5.73 Å². The first-order valence-corrected chi connectivity index (χ1v) is 7.34. The van der Waals surface area contributed by atoms with Gasteiger partial charge in [0.2, 0.25) is 5.91 Å². The lowest BCUT2D eigenvalue weighted by Crippen LogP contribution is -2.56. The Morgan fingerprint density at radius 1 is 1.21 bits per heavy atom. The molecule has 2 atom stereocenters. The topological polar surface area (TPSA) is 49.6 Å². The third kappa shape index (κ3) is 5.91. The van der Waals surface area contributed by atoms with Crippen molar-refractivity contribution in [1.82, 2.24) is 9.80 Å². The van der Waals surface area contributed by atoms with Gasteiger partial charge < -0.3 is 10.6 Å². The first-order chi connectivity index (χ1) is 8.65. The van der Waals surface area contributed by atoms with E-state index in [0.29, 0.717) is 6.54 Å². The fourth-order valence-corrected chi connectivity index (χ4v) is 2.60. The third-order valence-corrected chi connectivity index (χ3v) is 3.51. The van der Waals surface area contributed by atoms with Crippen LogP contribution in [0.5, 0.6) is 0 Å². The Balaban J connectivity index is 5.11. The average Bonchev–Trinajstić information content (AvgIpc) is 2.26. The van der Waals surface area contributed by atoms with Gasteiger partial charge in [0.25, 0.3) is 0 Å². The normalized spacial score (nSPS) is 15.4. The number of amides is 1. The van der Waals surface area contributed by atoms with E-state index in [-0.39, 0.29) is 23.4 Å². The highest BCUT2D eigenvalue weighted by atomic mass is 16.2. The van der Waals surface area contributed by atoms with Crippen molar-refractivity contribution < 1.29 is 4.79 Å². The number of hydrogen-bond donors (Lipinski definition) is 1. The second-order valence-electron chi connectivity index (χ2n) is 6.64. The number of carbonyl (C=O) groups is 1. The SMILES string of the molecule is CCCN(CC(=O)N(C)C)C(C(N)CC)C(C)(C)C. The van der Waals surface area contributed by atoms with Crippen LogP contribution in [0.15, 0.2) is 0 Å². The Morgan fingerprint density at radius 3 is 2.05 bits per heavy atom. The van der Waals surface area contributed by atoms with Gasteiger partial charge in [0, 0.05) is 26.2 Å². The lowest BCUT2D eigenvalue weighted by atomic mass is 9.80. The molecule has 114 valence electrons. The van der Waals surface area contributed by atoms with Crippen LogP contribution in [0.25, 0.3) is 0 Å². The lowest BCUT2D eigenvalue weighted by molar-refractivity contribution is -0.131. The van der Waals surface area contributed by atoms with Gasteiger partial charge in [0.15, 0.2) is 0 Å². The van der Waals surface area contributed by atoms with Gasteiger partial charge in [-0.3, -0.25) is 9.69 Å². The summed E-state index contributed by atoms with van der Waals surface area (Å²) in [4.78, 5) is 15.9. The fourth-order valence-electron chi connectivity index (χ4n) is 2.60. The van der Waals surface area contributed by atoms with Crippen LogP contribution in [-0.4, -0.2) is 55.0 Å². The molecule has 0 heterocycles. The molecule has 4 heteroatoms. The van der Waals surface area contributed by atoms with Crippen LogP contribution in [0.2, 0.25) is 0 Å². The number of carbonyl (C=O) groups excluding carboxylic acids is 1. The largest absolute Gasteiger partial charge is 0.348 e. The maximum atomic E-state index is 12.0. The zero-order valence-corrected chi connectivity index (χ0v) is 13.9. The smallest absolute Gasteiger partial charge is 0.236 e. The zero-order valence-electron chi connectivity index (χ0n) is 13.9. The minimum atomic E-state index is 0.0667. The van der Waals surface area contributed by atoms with Crippen LogP contribution in [0.4, 0.5) is 0 Å². The summed E-state index contributed by atoms with van der Waals surface area (Å²) < 4.78 is 0. The van der Waals surface area contributed by atoms with Gasteiger partial charge in [-0.05, 0) is 24.8 Å². The average molecular weight is 271 g/mol. The molecule has 0 fully saturated rings. The molecule has 0 spiro atoms. The van der Waals surface area contributed by atoms with Gasteiger partial charge in [-0.25, -0.2) is 0 Å². The van der Waals surface area contributed by atoms with Gasteiger partial charge in [0.1, 0.15) is 0 Å². The van der Waals surface area contributed by atoms with Crippen LogP contribution >= 0.6 is 0 Å². The molecule has 4 nitrogen and oxygen atoms in total. The first kappa shape index (κ1) is 18.4. The summed E-state index contributed by atoms with van der Waals surface area (Å²) in [6.07, 6.45) is 1.96. The Bertz CT molecular complexity index is 271. The number of nitrogens with two attached hydrogens (primary N) is 1. The molecule has 0 saturated carbocycles. The van der Waals surface area contributed by atoms with Crippen molar-refractivity contribution >= 4 is 5.91 Å². The maximum absolute atomic E-state index is 12.0. The first-order valence-electron chi connectivity index (χ1n) is 7.34. The van der Waals surface area contributed by atoms with Gasteiger partial charge >= 0.3 is 0 Å². The van der Waals surface area contributed by atoms with Crippen molar-refractivity contribution in [3.63, 3.8) is 0 Å². The fraction of sp³-hybridized carbons (Fsp3) is 0.933. The molecule has 0 aliphatic rings. The second kappa shape index (κ2) is 7.85. The van der Waals surface area contributed by atoms with E-state index >= 15 is 0 Å². The summed E-state index contributed by atoms with van der Waals surface area (Å²) in [6.45, 7) is 12.2. The number of rotatable bonds is 7. The molecule has 0 aliphatic carbocycles. The van der Waals surface area contributed by atoms with E-state index in [9.17, 15) is 4.79 Å². The Morgan fingerprint density at radius 2 is 1.74 bits per heavy atom. The predicted octanol–water partition coefficient (Wildman–Crippen LogP) is 1.94. The molecular weight excluding hydrogens is 238 g/mol. The Labute approximate surface area is 119 Å². The van der Waals surface area contributed by atoms with Gasteiger partial charge in [-0.1, -0.05) is 34.6 Å². The van der Waals surface area contributed by atoms with E-state index in [1.807, 2.05) is 0 Å². The standard InChI is InChI=1S/C15H33N3O/c1-8-10-18(11-13(19)17(6)7)14(12(16)9-2)15(3,4)5/h12,14H,8-11,16H2,1-7H3. The molecule has 0 bridgehead atoms. The van der Waals surface area contributed by atoms with Crippen molar-refractivity contribution in [2.75, 3.05) is 27.2 Å². The van der Waals surface area contributed by atoms with Crippen LogP contribution in [0.1, 0.15) is 47.5 Å². The number of likely N-dealkylation sites (N-methyl/N-ethyl adjacent to an activating group) is 1. The van der Waals surface area contributed by atoms with Crippen molar-refractivity contribution in [1.29, 1.82) is 0 Å². The molecule has 0 aromatic rings. The summed E-state index contributed by atoms with van der Waals surface area (Å²) in [5.74, 6) is 0.144. The molecule has 2 unspecified atom stereocenters. The van der Waals surface area contributed by atoms with Crippen molar-refractivity contribution in [3.8, 4) is 0 Å². The van der Waals surface area contributed by atoms with Crippen LogP contribution in [0, 0.1) is 5.41 Å². The molecule has 0 rings (SSSR count). The van der Waals surface area contributed by atoms with Gasteiger partial charge in [0.05, 0.1) is 6.54 Å². The molecule has 0 saturated heterocycles. The van der Waals surface area contributed by atoms with E-state index in [4.69, 9.17) is 5.73 Å². The highest BCUT2D eigenvalue weighted by Crippen LogP contribution is 2.27. The number of hydrogen-bond acceptors (Lipinski definition) is 3. The molecule has 19 heavy (non-hydrogen) atoms. The summed E-state index contributed by atoms with van der Waals surface area (Å²) >= 11 is 0. The molecule has 0 aromatic heterocycles. The van der Waals surface area contributed by atoms with Crippen LogP contribution in [0.3, 0.4) is 0 Å². The summed E-state index contributed by atoms with van der Waals surface area (Å²) in [7, 11) is 3.61. The van der Waals surface area contributed by atoms with E-state index in [1.165, 1.54) is 0 Å². The highest BCUT2D eigenvalue weighted by Gasteiger charge is 2.35. The van der Waals surface area contributed by atoms with Gasteiger partial charge in [-0.2, -0.15) is 0 Å². The third-order valence-electron chi connectivity index (χ3n) is 3.51. The van der Waals surface area contributed by atoms with Crippen LogP contribution in [-0.2, 0) is 4.79 Å². The maximum Gasteiger partial charge on any atom is 0.236 e. The minimum absolute atomic E-state index is 0.0667. The molecule has 1 amide bonds. The molecule has 0 aromatic carbocycles. The van der Waals surface area contributed by atoms with E-state index in [2.05, 4.69) is 39.5 Å². The lowest BCUT2D eigenvalue weighted by Gasteiger charge is -2.43. The van der Waals surface area contributed by atoms with Crippen molar-refractivity contribution in [2.45, 2.75) is 59.5 Å². The summed E-state index contributed by atoms with van der Waals surface area (Å²) in [5.41, 5.74) is 6.39. The summed E-state index contributed by atoms with van der Waals surface area (Å²) in [5, 5.41) is 0. The molecule has 0 aliphatic heterocycles. The molecule has 2 N–H and O–H groups in total. The Kier molecular flexibility index (Phi) is 7.60. The van der Waals surface area contributed by atoms with Crippen molar-refractivity contribution in [3.05, 3.63) is 0 Å². The highest BCUT2D eigenvalue weighted by molar-refractivity contribution is 5.77. The molecular formula is C15H33N3O. The molecule has 0 radical (unpaired) electrons. The van der Waals surface area contributed by atoms with E-state index in [1.54, 1.807) is 19.0 Å². The van der Waals surface area contributed by atoms with Gasteiger partial charge in [-0.15, -0.1) is 0 Å². The van der Waals surface area contributed by atoms with E-state index in [0.717, 1.165) is 19.4 Å². The monoisotopic (exact) mass is 271 g/mol. The summed E-state index contributed by atoms with van der Waals surface area (Å²) in [6, 6.07) is 0.322. The predicted molar refractivity (Wildman–Crippen MR) is 82.1 cm³/mol.